The van der Waals surface area contributed by atoms with Crippen molar-refractivity contribution in [3.8, 4) is 0 Å². The van der Waals surface area contributed by atoms with E-state index in [4.69, 9.17) is 0 Å². The van der Waals surface area contributed by atoms with E-state index >= 15 is 0 Å². The molecule has 150 valence electrons. The summed E-state index contributed by atoms with van der Waals surface area (Å²) in [6.45, 7) is 4.37. The number of hydrogen-bond donors (Lipinski definition) is 1. The summed E-state index contributed by atoms with van der Waals surface area (Å²) in [6.07, 6.45) is 9.79. The first kappa shape index (κ1) is 20.6. The van der Waals surface area contributed by atoms with E-state index in [2.05, 4.69) is 13.0 Å². The van der Waals surface area contributed by atoms with Crippen molar-refractivity contribution in [3.05, 3.63) is 41.5 Å². The maximum Gasteiger partial charge on any atom is 0.244 e. The highest BCUT2D eigenvalue weighted by atomic mass is 32.2. The van der Waals surface area contributed by atoms with Gasteiger partial charge in [0.05, 0.1) is 11.0 Å². The second-order valence-corrected chi connectivity index (χ2v) is 9.94. The van der Waals surface area contributed by atoms with Crippen LogP contribution in [0.2, 0.25) is 0 Å². The topological polar surface area (TPSA) is 57.6 Å². The molecule has 1 aliphatic heterocycles. The smallest absolute Gasteiger partial charge is 0.244 e. The Balaban J connectivity index is 1.92. The largest absolute Gasteiger partial charge is 0.393 e. The second kappa shape index (κ2) is 8.89. The molecule has 2 bridgehead atoms. The molecular weight excluding hydrogens is 358 g/mol. The Hall–Kier alpha value is -1.17. The number of rotatable bonds is 5. The molecule has 0 spiro atoms. The maximum absolute atomic E-state index is 13.4. The number of aliphatic hydroxyl groups is 1. The number of aryl methyl sites for hydroxylation is 1. The molecule has 5 heteroatoms. The van der Waals surface area contributed by atoms with Crippen molar-refractivity contribution in [1.29, 1.82) is 0 Å². The number of benzene rings is 1. The first-order valence-corrected chi connectivity index (χ1v) is 11.8. The van der Waals surface area contributed by atoms with Crippen molar-refractivity contribution in [2.45, 2.75) is 82.3 Å². The van der Waals surface area contributed by atoms with Gasteiger partial charge in [0, 0.05) is 18.5 Å². The van der Waals surface area contributed by atoms with Crippen LogP contribution in [0.1, 0.15) is 63.9 Å². The van der Waals surface area contributed by atoms with Crippen LogP contribution in [0.25, 0.3) is 0 Å². The van der Waals surface area contributed by atoms with Crippen molar-refractivity contribution in [3.63, 3.8) is 0 Å². The highest BCUT2D eigenvalue weighted by Crippen LogP contribution is 2.36. The van der Waals surface area contributed by atoms with Crippen molar-refractivity contribution in [2.24, 2.45) is 5.92 Å². The van der Waals surface area contributed by atoms with Gasteiger partial charge >= 0.3 is 0 Å². The summed E-state index contributed by atoms with van der Waals surface area (Å²) in [4.78, 5) is 0.408. The quantitative estimate of drug-likeness (QED) is 0.756. The van der Waals surface area contributed by atoms with Crippen molar-refractivity contribution < 1.29 is 13.5 Å². The fourth-order valence-electron chi connectivity index (χ4n) is 4.58. The highest BCUT2D eigenvalue weighted by Gasteiger charge is 2.39. The van der Waals surface area contributed by atoms with Gasteiger partial charge < -0.3 is 5.11 Å². The van der Waals surface area contributed by atoms with Crippen molar-refractivity contribution in [1.82, 2.24) is 4.31 Å². The molecule has 1 aromatic rings. The first-order valence-electron chi connectivity index (χ1n) is 10.4. The van der Waals surface area contributed by atoms with E-state index < -0.39 is 10.0 Å². The van der Waals surface area contributed by atoms with Crippen LogP contribution in [0, 0.1) is 12.8 Å². The zero-order valence-corrected chi connectivity index (χ0v) is 17.4. The van der Waals surface area contributed by atoms with Gasteiger partial charge in [-0.05, 0) is 37.8 Å². The summed E-state index contributed by atoms with van der Waals surface area (Å²) in [5, 5.41) is 10.7. The fourth-order valence-corrected chi connectivity index (χ4v) is 6.40. The Bertz CT molecular complexity index is 772. The molecule has 3 unspecified atom stereocenters. The molecule has 3 rings (SSSR count). The van der Waals surface area contributed by atoms with Gasteiger partial charge in [0.1, 0.15) is 0 Å². The maximum atomic E-state index is 13.4. The molecule has 1 N–H and O–H groups in total. The molecule has 2 aliphatic rings. The number of aliphatic hydroxyl groups excluding tert-OH is 1. The molecule has 1 aliphatic carbocycles. The lowest BCUT2D eigenvalue weighted by molar-refractivity contribution is 0.107. The van der Waals surface area contributed by atoms with Gasteiger partial charge in [0.25, 0.3) is 0 Å². The third-order valence-corrected chi connectivity index (χ3v) is 8.12. The Morgan fingerprint density at radius 2 is 1.85 bits per heavy atom. The summed E-state index contributed by atoms with van der Waals surface area (Å²) in [5.41, 5.74) is 1.91. The van der Waals surface area contributed by atoms with Crippen LogP contribution in [-0.2, 0) is 10.0 Å². The zero-order chi connectivity index (χ0) is 19.4. The van der Waals surface area contributed by atoms with Crippen LogP contribution >= 0.6 is 0 Å². The molecule has 0 radical (unpaired) electrons. The molecule has 0 aromatic heterocycles. The van der Waals surface area contributed by atoms with Gasteiger partial charge in [0.15, 0.2) is 0 Å². The van der Waals surface area contributed by atoms with E-state index in [1.165, 1.54) is 6.42 Å². The summed E-state index contributed by atoms with van der Waals surface area (Å²) >= 11 is 0. The average molecular weight is 392 g/mol. The predicted octanol–water partition coefficient (Wildman–Crippen LogP) is 4.43. The van der Waals surface area contributed by atoms with Crippen LogP contribution in [0.3, 0.4) is 0 Å². The number of fused-ring (bicyclic) bond motifs is 1. The normalized spacial score (nSPS) is 25.8. The fraction of sp³-hybridized carbons (Fsp3) is 0.636. The lowest BCUT2D eigenvalue weighted by atomic mass is 9.85. The van der Waals surface area contributed by atoms with Crippen LogP contribution < -0.4 is 0 Å². The van der Waals surface area contributed by atoms with Crippen LogP contribution in [0.15, 0.2) is 40.8 Å². The van der Waals surface area contributed by atoms with Gasteiger partial charge in [0.2, 0.25) is 10.0 Å². The number of hydrogen-bond acceptors (Lipinski definition) is 3. The molecule has 0 amide bonds. The lowest BCUT2D eigenvalue weighted by Gasteiger charge is -2.26. The Morgan fingerprint density at radius 1 is 1.15 bits per heavy atom. The Labute approximate surface area is 164 Å². The Morgan fingerprint density at radius 3 is 2.56 bits per heavy atom. The molecule has 0 saturated heterocycles. The molecular formula is C22H33NO3S. The minimum Gasteiger partial charge on any atom is -0.393 e. The van der Waals surface area contributed by atoms with E-state index in [9.17, 15) is 13.5 Å². The molecule has 4 nitrogen and oxygen atoms in total. The lowest BCUT2D eigenvalue weighted by Crippen LogP contribution is -2.37. The van der Waals surface area contributed by atoms with E-state index in [1.54, 1.807) is 16.4 Å². The van der Waals surface area contributed by atoms with Gasteiger partial charge in [-0.2, -0.15) is 4.31 Å². The molecule has 0 fully saturated rings. The molecule has 1 heterocycles. The number of sulfonamides is 1. The van der Waals surface area contributed by atoms with Crippen molar-refractivity contribution in [2.75, 3.05) is 6.54 Å². The summed E-state index contributed by atoms with van der Waals surface area (Å²) in [7, 11) is -3.54. The molecule has 1 aromatic carbocycles. The van der Waals surface area contributed by atoms with Crippen molar-refractivity contribution >= 4 is 10.0 Å². The van der Waals surface area contributed by atoms with Crippen LogP contribution in [0.5, 0.6) is 0 Å². The van der Waals surface area contributed by atoms with Gasteiger partial charge in [-0.25, -0.2) is 8.42 Å². The summed E-state index contributed by atoms with van der Waals surface area (Å²) < 4.78 is 28.5. The predicted molar refractivity (Wildman–Crippen MR) is 109 cm³/mol. The van der Waals surface area contributed by atoms with Crippen LogP contribution in [-0.4, -0.2) is 36.5 Å². The van der Waals surface area contributed by atoms with E-state index in [-0.39, 0.29) is 18.1 Å². The second-order valence-electron chi connectivity index (χ2n) is 8.08. The molecule has 3 atom stereocenters. The van der Waals surface area contributed by atoms with Gasteiger partial charge in [-0.1, -0.05) is 68.9 Å². The van der Waals surface area contributed by atoms with E-state index in [0.717, 1.165) is 56.1 Å². The zero-order valence-electron chi connectivity index (χ0n) is 16.6. The van der Waals surface area contributed by atoms with Gasteiger partial charge in [-0.15, -0.1) is 0 Å². The average Bonchev–Trinajstić information content (AvgIpc) is 3.05. The minimum absolute atomic E-state index is 0.0842. The van der Waals surface area contributed by atoms with E-state index in [0.29, 0.717) is 11.4 Å². The third kappa shape index (κ3) is 4.47. The monoisotopic (exact) mass is 391 g/mol. The molecule has 0 saturated carbocycles. The third-order valence-electron chi connectivity index (χ3n) is 6.09. The molecule has 27 heavy (non-hydrogen) atoms. The SMILES string of the molecule is CCCC(O)C1CCCCCCC2C=C1CN2S(=O)(=O)c1ccccc1C. The van der Waals surface area contributed by atoms with Crippen LogP contribution in [0.4, 0.5) is 0 Å². The first-order chi connectivity index (χ1) is 12.9. The minimum atomic E-state index is -3.54. The summed E-state index contributed by atoms with van der Waals surface area (Å²) in [6, 6.07) is 7.15. The summed E-state index contributed by atoms with van der Waals surface area (Å²) in [5.74, 6) is 0.0858. The standard InChI is InChI=1S/C22H33NO3S/c1-3-10-21(24)20-13-7-5-4-6-12-19-15-18(20)16-23(19)27(25,26)22-14-9-8-11-17(22)2/h8-9,11,14-15,19-21,24H,3-7,10,12-13,16H2,1-2H3. The van der Waals surface area contributed by atoms with E-state index in [1.807, 2.05) is 19.1 Å². The Kier molecular flexibility index (Phi) is 6.77. The number of nitrogens with zero attached hydrogens (tertiary/aromatic N) is 1. The highest BCUT2D eigenvalue weighted by molar-refractivity contribution is 7.89. The van der Waals surface area contributed by atoms with Gasteiger partial charge in [-0.3, -0.25) is 0 Å².